The van der Waals surface area contributed by atoms with E-state index in [9.17, 15) is 14.7 Å². The van der Waals surface area contributed by atoms with Crippen LogP contribution in [0, 0.1) is 0 Å². The number of benzene rings is 2. The Hall–Kier alpha value is -4.19. The summed E-state index contributed by atoms with van der Waals surface area (Å²) in [6, 6.07) is 17.5. The lowest BCUT2D eigenvalue weighted by Crippen LogP contribution is -2.29. The second kappa shape index (κ2) is 10.4. The van der Waals surface area contributed by atoms with Gasteiger partial charge in [-0.15, -0.1) is 0 Å². The average molecular weight is 469 g/mol. The topological polar surface area (TPSA) is 79.7 Å². The fraction of sp³-hybridized carbons (Fsp3) is 0.207. The fourth-order valence-corrected chi connectivity index (χ4v) is 4.16. The molecule has 1 unspecified atom stereocenters. The van der Waals surface area contributed by atoms with Crippen molar-refractivity contribution >= 4 is 17.4 Å². The molecule has 0 bridgehead atoms. The summed E-state index contributed by atoms with van der Waals surface area (Å²) in [7, 11) is 0. The predicted octanol–water partition coefficient (Wildman–Crippen LogP) is 5.39. The van der Waals surface area contributed by atoms with Gasteiger partial charge in [0.25, 0.3) is 11.7 Å². The Labute approximate surface area is 205 Å². The number of ketones is 1. The van der Waals surface area contributed by atoms with E-state index in [4.69, 9.17) is 4.74 Å². The number of carbonyl (C=O) groups excluding carboxylic acids is 2. The number of pyridine rings is 1. The number of hydrogen-bond acceptors (Lipinski definition) is 5. The maximum absolute atomic E-state index is 13.2. The molecule has 1 atom stereocenters. The van der Waals surface area contributed by atoms with E-state index in [1.165, 1.54) is 4.90 Å². The molecule has 1 aliphatic heterocycles. The molecule has 0 radical (unpaired) electrons. The van der Waals surface area contributed by atoms with E-state index in [1.54, 1.807) is 48.8 Å². The third-order valence-electron chi connectivity index (χ3n) is 6.03. The summed E-state index contributed by atoms with van der Waals surface area (Å²) in [6.45, 7) is 8.39. The number of aliphatic hydroxyl groups is 1. The van der Waals surface area contributed by atoms with Crippen molar-refractivity contribution in [2.24, 2.45) is 0 Å². The van der Waals surface area contributed by atoms with Crippen molar-refractivity contribution in [1.29, 1.82) is 0 Å². The van der Waals surface area contributed by atoms with Crippen molar-refractivity contribution in [3.63, 3.8) is 0 Å². The van der Waals surface area contributed by atoms with Gasteiger partial charge in [0.15, 0.2) is 0 Å². The molecule has 1 fully saturated rings. The van der Waals surface area contributed by atoms with Crippen LogP contribution in [0.4, 0.5) is 0 Å². The summed E-state index contributed by atoms with van der Waals surface area (Å²) in [4.78, 5) is 32.0. The lowest BCUT2D eigenvalue weighted by molar-refractivity contribution is -0.140. The number of ether oxygens (including phenoxy) is 1. The van der Waals surface area contributed by atoms with E-state index in [-0.39, 0.29) is 17.9 Å². The third-order valence-corrected chi connectivity index (χ3v) is 6.03. The number of rotatable bonds is 8. The monoisotopic (exact) mass is 468 g/mol. The first-order chi connectivity index (χ1) is 16.9. The van der Waals surface area contributed by atoms with Gasteiger partial charge in [-0.2, -0.15) is 0 Å². The normalized spacial score (nSPS) is 17.1. The molecule has 1 aliphatic rings. The number of amides is 1. The minimum atomic E-state index is -0.729. The third kappa shape index (κ3) is 5.01. The van der Waals surface area contributed by atoms with Gasteiger partial charge in [-0.05, 0) is 52.9 Å². The van der Waals surface area contributed by atoms with Crippen LogP contribution in [0.2, 0.25) is 0 Å². The summed E-state index contributed by atoms with van der Waals surface area (Å²) >= 11 is 0. The van der Waals surface area contributed by atoms with Gasteiger partial charge in [-0.1, -0.05) is 56.8 Å². The second-order valence-electron chi connectivity index (χ2n) is 8.73. The molecule has 6 heteroatoms. The average Bonchev–Trinajstić information content (AvgIpc) is 3.13. The zero-order valence-electron chi connectivity index (χ0n) is 19.8. The van der Waals surface area contributed by atoms with Crippen LogP contribution in [0.5, 0.6) is 5.75 Å². The molecule has 1 saturated heterocycles. The van der Waals surface area contributed by atoms with Gasteiger partial charge >= 0.3 is 0 Å². The molecule has 2 aromatic carbocycles. The smallest absolute Gasteiger partial charge is 0.295 e. The fourth-order valence-electron chi connectivity index (χ4n) is 4.16. The Balaban J connectivity index is 1.79. The number of carbonyl (C=O) groups is 2. The Morgan fingerprint density at radius 1 is 1.11 bits per heavy atom. The zero-order valence-corrected chi connectivity index (χ0v) is 19.8. The van der Waals surface area contributed by atoms with E-state index >= 15 is 0 Å². The quantitative estimate of drug-likeness (QED) is 0.207. The molecule has 35 heavy (non-hydrogen) atoms. The van der Waals surface area contributed by atoms with Crippen LogP contribution in [0.25, 0.3) is 5.76 Å². The van der Waals surface area contributed by atoms with Gasteiger partial charge in [-0.25, -0.2) is 0 Å². The van der Waals surface area contributed by atoms with Crippen LogP contribution in [0.15, 0.2) is 91.3 Å². The van der Waals surface area contributed by atoms with E-state index < -0.39 is 17.7 Å². The number of likely N-dealkylation sites (tertiary alicyclic amines) is 1. The molecule has 0 spiro atoms. The first kappa shape index (κ1) is 24.0. The molecule has 1 N–H and O–H groups in total. The van der Waals surface area contributed by atoms with Gasteiger partial charge in [0, 0.05) is 24.5 Å². The van der Waals surface area contributed by atoms with Crippen molar-refractivity contribution in [2.45, 2.75) is 32.4 Å². The largest absolute Gasteiger partial charge is 0.507 e. The van der Waals surface area contributed by atoms with Gasteiger partial charge < -0.3 is 14.7 Å². The summed E-state index contributed by atoms with van der Waals surface area (Å²) < 4.78 is 5.51. The summed E-state index contributed by atoms with van der Waals surface area (Å²) in [6.07, 6.45) is 4.96. The lowest BCUT2D eigenvalue weighted by atomic mass is 9.93. The second-order valence-corrected chi connectivity index (χ2v) is 8.73. The van der Waals surface area contributed by atoms with Crippen molar-refractivity contribution in [3.05, 3.63) is 114 Å². The van der Waals surface area contributed by atoms with E-state index in [0.717, 1.165) is 16.7 Å². The Morgan fingerprint density at radius 2 is 1.83 bits per heavy atom. The first-order valence-corrected chi connectivity index (χ1v) is 11.5. The molecule has 0 aliphatic carbocycles. The molecule has 1 aromatic heterocycles. The molecule has 6 nitrogen and oxygen atoms in total. The Bertz CT molecular complexity index is 1250. The van der Waals surface area contributed by atoms with E-state index in [2.05, 4.69) is 25.4 Å². The molecule has 4 rings (SSSR count). The van der Waals surface area contributed by atoms with Crippen LogP contribution in [-0.2, 0) is 16.1 Å². The molecular formula is C29H28N2O4. The van der Waals surface area contributed by atoms with Crippen LogP contribution in [-0.4, -0.2) is 33.3 Å². The first-order valence-electron chi connectivity index (χ1n) is 11.5. The number of nitrogens with zero attached hydrogens (tertiary/aromatic N) is 2. The highest BCUT2D eigenvalue weighted by Gasteiger charge is 2.46. The number of Topliss-reactive ketones (excluding diaryl/α,β-unsaturated/α-hetero) is 1. The Kier molecular flexibility index (Phi) is 7.11. The van der Waals surface area contributed by atoms with Crippen LogP contribution in [0.3, 0.4) is 0 Å². The highest BCUT2D eigenvalue weighted by Crippen LogP contribution is 2.40. The van der Waals surface area contributed by atoms with Gasteiger partial charge in [0.2, 0.25) is 0 Å². The predicted molar refractivity (Wildman–Crippen MR) is 135 cm³/mol. The van der Waals surface area contributed by atoms with Gasteiger partial charge in [0.1, 0.15) is 18.1 Å². The maximum Gasteiger partial charge on any atom is 0.295 e. The van der Waals surface area contributed by atoms with Crippen molar-refractivity contribution in [3.8, 4) is 5.75 Å². The molecule has 178 valence electrons. The SMILES string of the molecule is C=CCOc1ccc(/C(O)=C2/C(=O)C(=O)N(Cc3cccnc3)C2c2ccc(C(C)C)cc2)cc1. The summed E-state index contributed by atoms with van der Waals surface area (Å²) in [5, 5.41) is 11.2. The summed E-state index contributed by atoms with van der Waals surface area (Å²) in [5.41, 5.74) is 3.19. The van der Waals surface area contributed by atoms with Crippen LogP contribution in [0.1, 0.15) is 48.1 Å². The number of aliphatic hydroxyl groups excluding tert-OH is 1. The minimum absolute atomic E-state index is 0.0657. The number of aromatic nitrogens is 1. The molecule has 3 aromatic rings. The molecule has 1 amide bonds. The van der Waals surface area contributed by atoms with Crippen LogP contribution >= 0.6 is 0 Å². The highest BCUT2D eigenvalue weighted by atomic mass is 16.5. The molecule has 0 saturated carbocycles. The van der Waals surface area contributed by atoms with Crippen molar-refractivity contribution < 1.29 is 19.4 Å². The van der Waals surface area contributed by atoms with Crippen molar-refractivity contribution in [1.82, 2.24) is 9.88 Å². The highest BCUT2D eigenvalue weighted by molar-refractivity contribution is 6.46. The zero-order chi connectivity index (χ0) is 24.9. The summed E-state index contributed by atoms with van der Waals surface area (Å²) in [5.74, 6) is -0.632. The minimum Gasteiger partial charge on any atom is -0.507 e. The van der Waals surface area contributed by atoms with E-state index in [1.807, 2.05) is 30.3 Å². The number of hydrogen-bond donors (Lipinski definition) is 1. The van der Waals surface area contributed by atoms with Gasteiger partial charge in [0.05, 0.1) is 11.6 Å². The molecule has 2 heterocycles. The van der Waals surface area contributed by atoms with E-state index in [0.29, 0.717) is 23.8 Å². The Morgan fingerprint density at radius 3 is 2.43 bits per heavy atom. The molecular weight excluding hydrogens is 440 g/mol. The van der Waals surface area contributed by atoms with Crippen molar-refractivity contribution in [2.75, 3.05) is 6.61 Å². The van der Waals surface area contributed by atoms with Crippen LogP contribution < -0.4 is 4.74 Å². The maximum atomic E-state index is 13.2. The lowest BCUT2D eigenvalue weighted by Gasteiger charge is -2.25. The van der Waals surface area contributed by atoms with Gasteiger partial charge in [-0.3, -0.25) is 14.6 Å². The standard InChI is InChI=1S/C29H28N2O4/c1-4-16-35-24-13-11-23(12-14-24)27(32)25-26(22-9-7-21(8-10-22)19(2)3)31(29(34)28(25)33)18-20-6-5-15-30-17-20/h4-15,17,19,26,32H,1,16,18H2,2-3H3/b27-25-.